The molecule has 2 aromatic carbocycles. The number of hydrogen-bond donors (Lipinski definition) is 12. The molecule has 0 saturated heterocycles. The third-order valence-electron chi connectivity index (χ3n) is 7.75. The molecule has 0 aromatic heterocycles. The molecule has 2 aromatic rings. The predicted molar refractivity (Wildman–Crippen MR) is 264 cm³/mol. The fourth-order valence-corrected chi connectivity index (χ4v) is 5.74. The average Bonchev–Trinajstić information content (AvgIpc) is 3.17. The average molecular weight is 869 g/mol. The van der Waals surface area contributed by atoms with Gasteiger partial charge in [0.15, 0.2) is 17.9 Å². The van der Waals surface area contributed by atoms with Crippen molar-refractivity contribution < 1.29 is 14.7 Å². The van der Waals surface area contributed by atoms with E-state index in [0.29, 0.717) is 65.3 Å². The molecule has 17 nitrogen and oxygen atoms in total. The number of nitrogens with one attached hydrogen (secondary N) is 3. The Morgan fingerprint density at radius 1 is 0.770 bits per heavy atom. The van der Waals surface area contributed by atoms with Gasteiger partial charge in [-0.15, -0.1) is 11.8 Å². The van der Waals surface area contributed by atoms with Crippen LogP contribution in [0, 0.1) is 19.8 Å². The second kappa shape index (κ2) is 33.9. The summed E-state index contributed by atoms with van der Waals surface area (Å²) in [5.41, 5.74) is 47.9. The van der Waals surface area contributed by atoms with E-state index in [2.05, 4.69) is 78.7 Å². The first-order valence-corrected chi connectivity index (χ1v) is 21.4. The third-order valence-corrected chi connectivity index (χ3v) is 8.88. The van der Waals surface area contributed by atoms with Gasteiger partial charge in [0.1, 0.15) is 0 Å². The van der Waals surface area contributed by atoms with Gasteiger partial charge in [0, 0.05) is 29.1 Å². The molecule has 0 heterocycles. The van der Waals surface area contributed by atoms with E-state index in [1.165, 1.54) is 62.4 Å². The standard InChI is InChI=1S/C28H39N11O2S.C7H16.C5H12.C3H9N3O/c1-5-18(26(41)38-21-12-15(2)10-19(29)23(21)35-6-7-36-27(31)32)14-17(4)25(40)39-22-13-16(3)11-20(30)24(22)42-9-8-37-28(33)34;1-4-5-6-7(2)3;1-3-5-4-2;4-3(5)6-1-2-7/h5,10-14,35H,1,4,6-9,29-30H2,2-3H3,(H,38,41)(H,39,40)(H4,31,32,36)(H4,33,34,37);7H,4-6H2,1-3H3;3-5H2,1-2H3;7H,1-2H2,(H4,4,5,6)/b18-14+;;;. The maximum atomic E-state index is 13.2. The molecule has 2 amide bonds. The Labute approximate surface area is 368 Å². The molecule has 0 unspecified atom stereocenters. The van der Waals surface area contributed by atoms with E-state index in [0.717, 1.165) is 17.0 Å². The molecule has 0 spiro atoms. The highest BCUT2D eigenvalue weighted by Gasteiger charge is 2.17. The number of rotatable bonds is 21. The van der Waals surface area contributed by atoms with Crippen LogP contribution in [-0.2, 0) is 9.59 Å². The van der Waals surface area contributed by atoms with E-state index in [9.17, 15) is 9.59 Å². The maximum absolute atomic E-state index is 13.2. The summed E-state index contributed by atoms with van der Waals surface area (Å²) in [5.74, 6) is 0.369. The number of hydrogen-bond acceptors (Lipinski definition) is 10. The van der Waals surface area contributed by atoms with Crippen molar-refractivity contribution >= 4 is 69.9 Å². The Balaban J connectivity index is 0. The molecular formula is C43H76N14O3S. The number of thioether (sulfide) groups is 1. The zero-order valence-corrected chi connectivity index (χ0v) is 38.4. The smallest absolute Gasteiger partial charge is 0.255 e. The molecule has 0 fully saturated rings. The summed E-state index contributed by atoms with van der Waals surface area (Å²) < 4.78 is 0. The monoisotopic (exact) mass is 869 g/mol. The van der Waals surface area contributed by atoms with Gasteiger partial charge >= 0.3 is 0 Å². The number of aliphatic hydroxyl groups is 1. The largest absolute Gasteiger partial charge is 0.398 e. The van der Waals surface area contributed by atoms with Crippen molar-refractivity contribution in [2.75, 3.05) is 66.0 Å². The van der Waals surface area contributed by atoms with E-state index in [1.54, 1.807) is 24.3 Å². The van der Waals surface area contributed by atoms with Crippen LogP contribution in [0.2, 0.25) is 0 Å². The van der Waals surface area contributed by atoms with Crippen LogP contribution in [0.3, 0.4) is 0 Å². The molecule has 61 heavy (non-hydrogen) atoms. The van der Waals surface area contributed by atoms with Gasteiger partial charge in [-0.1, -0.05) is 92.4 Å². The molecule has 0 aliphatic rings. The summed E-state index contributed by atoms with van der Waals surface area (Å²) in [4.78, 5) is 38.3. The Morgan fingerprint density at radius 3 is 1.74 bits per heavy atom. The van der Waals surface area contributed by atoms with Gasteiger partial charge in [-0.05, 0) is 61.2 Å². The number of guanidine groups is 3. The summed E-state index contributed by atoms with van der Waals surface area (Å²) in [5, 5.41) is 16.9. The Morgan fingerprint density at radius 2 is 1.28 bits per heavy atom. The minimum absolute atomic E-state index is 0.00208. The first-order valence-electron chi connectivity index (χ1n) is 20.4. The fourth-order valence-electron chi connectivity index (χ4n) is 4.87. The van der Waals surface area contributed by atoms with Crippen LogP contribution in [-0.4, -0.2) is 73.3 Å². The Kier molecular flexibility index (Phi) is 31.8. The number of nitrogens with two attached hydrogens (primary N) is 8. The zero-order chi connectivity index (χ0) is 46.9. The lowest BCUT2D eigenvalue weighted by Gasteiger charge is -2.17. The predicted octanol–water partition coefficient (Wildman–Crippen LogP) is 5.05. The van der Waals surface area contributed by atoms with Crippen LogP contribution < -0.4 is 61.8 Å². The lowest BCUT2D eigenvalue weighted by atomic mass is 10.1. The quantitative estimate of drug-likeness (QED) is 0.0149. The Hall–Kier alpha value is -5.88. The first kappa shape index (κ1) is 57.2. The maximum Gasteiger partial charge on any atom is 0.255 e. The van der Waals surface area contributed by atoms with Crippen LogP contribution in [0.5, 0.6) is 0 Å². The number of carbonyl (C=O) groups is 2. The number of unbranched alkanes of at least 4 members (excludes halogenated alkanes) is 3. The minimum atomic E-state index is -0.528. The third kappa shape index (κ3) is 28.3. The molecule has 20 N–H and O–H groups in total. The first-order chi connectivity index (χ1) is 28.8. The highest BCUT2D eigenvalue weighted by Crippen LogP contribution is 2.35. The van der Waals surface area contributed by atoms with Crippen LogP contribution in [0.25, 0.3) is 0 Å². The number of aryl methyl sites for hydroxylation is 2. The van der Waals surface area contributed by atoms with Gasteiger partial charge < -0.3 is 66.9 Å². The number of carbonyl (C=O) groups excluding carboxylic acids is 2. The van der Waals surface area contributed by atoms with Crippen molar-refractivity contribution in [2.45, 2.75) is 91.9 Å². The second-order valence-corrected chi connectivity index (χ2v) is 15.2. The number of aliphatic hydroxyl groups excluding tert-OH is 1. The summed E-state index contributed by atoms with van der Waals surface area (Å²) in [6, 6.07) is 7.11. The minimum Gasteiger partial charge on any atom is -0.398 e. The van der Waals surface area contributed by atoms with Gasteiger partial charge in [-0.2, -0.15) is 0 Å². The van der Waals surface area contributed by atoms with E-state index in [4.69, 9.17) is 51.0 Å². The highest BCUT2D eigenvalue weighted by molar-refractivity contribution is 7.99. The van der Waals surface area contributed by atoms with E-state index < -0.39 is 11.8 Å². The normalized spacial score (nSPS) is 10.2. The fraction of sp³-hybridized carbons (Fsp3) is 0.465. The zero-order valence-electron chi connectivity index (χ0n) is 37.6. The van der Waals surface area contributed by atoms with Gasteiger partial charge in [0.05, 0.1) is 53.9 Å². The molecular weight excluding hydrogens is 793 g/mol. The van der Waals surface area contributed by atoms with Crippen molar-refractivity contribution in [2.24, 2.45) is 55.3 Å². The molecule has 0 atom stereocenters. The van der Waals surface area contributed by atoms with Gasteiger partial charge in [-0.25, -0.2) is 0 Å². The van der Waals surface area contributed by atoms with E-state index >= 15 is 0 Å². The topological polar surface area (TPSA) is 336 Å². The molecule has 342 valence electrons. The molecule has 0 radical (unpaired) electrons. The lowest BCUT2D eigenvalue weighted by Crippen LogP contribution is -2.24. The summed E-state index contributed by atoms with van der Waals surface area (Å²) in [6.45, 7) is 23.8. The molecule has 2 rings (SSSR count). The molecule has 0 saturated carbocycles. The number of amides is 2. The van der Waals surface area contributed by atoms with E-state index in [1.807, 2.05) is 13.8 Å². The second-order valence-electron chi connectivity index (χ2n) is 14.1. The van der Waals surface area contributed by atoms with Crippen LogP contribution in [0.4, 0.5) is 28.4 Å². The van der Waals surface area contributed by atoms with Crippen LogP contribution in [0.1, 0.15) is 84.3 Å². The summed E-state index contributed by atoms with van der Waals surface area (Å²) >= 11 is 1.40. The van der Waals surface area contributed by atoms with Crippen LogP contribution >= 0.6 is 11.8 Å². The van der Waals surface area contributed by atoms with Crippen molar-refractivity contribution in [3.63, 3.8) is 0 Å². The van der Waals surface area contributed by atoms with Crippen molar-refractivity contribution in [3.05, 3.63) is 71.8 Å². The summed E-state index contributed by atoms with van der Waals surface area (Å²) in [6.07, 6.45) is 10.9. The van der Waals surface area contributed by atoms with Crippen molar-refractivity contribution in [1.82, 2.24) is 0 Å². The molecule has 18 heteroatoms. The van der Waals surface area contributed by atoms with Crippen LogP contribution in [0.15, 0.2) is 80.6 Å². The van der Waals surface area contributed by atoms with Crippen molar-refractivity contribution in [3.8, 4) is 0 Å². The Bertz CT molecular complexity index is 1760. The molecule has 0 bridgehead atoms. The van der Waals surface area contributed by atoms with Gasteiger partial charge in [0.2, 0.25) is 0 Å². The van der Waals surface area contributed by atoms with Gasteiger partial charge in [0.25, 0.3) is 11.8 Å². The van der Waals surface area contributed by atoms with Gasteiger partial charge in [-0.3, -0.25) is 24.6 Å². The number of benzene rings is 2. The molecule has 0 aliphatic heterocycles. The number of aliphatic imine (C=N–C) groups is 3. The SMILES string of the molecule is C=C/C(=C\C(=C)C(=O)Nc1cc(C)cc(N)c1SCCN=C(N)N)C(=O)Nc1cc(C)cc(N)c1NCCN=C(N)N.CCCCC.CCCCC(C)C.NC(N)=NCCO. The highest BCUT2D eigenvalue weighted by atomic mass is 32.2. The number of anilines is 5. The molecule has 0 aliphatic carbocycles. The number of nitrogen functional groups attached to an aromatic ring is 2. The lowest BCUT2D eigenvalue weighted by molar-refractivity contribution is -0.112. The number of nitrogens with zero attached hydrogens (tertiary/aromatic N) is 3. The van der Waals surface area contributed by atoms with E-state index in [-0.39, 0.29) is 35.6 Å². The summed E-state index contributed by atoms with van der Waals surface area (Å²) in [7, 11) is 0. The van der Waals surface area contributed by atoms with Crippen molar-refractivity contribution in [1.29, 1.82) is 0 Å².